The van der Waals surface area contributed by atoms with Gasteiger partial charge >= 0.3 is 0 Å². The maximum atomic E-state index is 2.92. The lowest BCUT2D eigenvalue weighted by molar-refractivity contribution is 1.20. The van der Waals surface area contributed by atoms with Crippen molar-refractivity contribution in [2.24, 2.45) is 0 Å². The Morgan fingerprint density at radius 1 is 0.609 bits per heavy atom. The SMILES string of the molecule is C1=CC=CNC=C1.C1=Cc2c3c(ccc2=C1)=c1ccccc1=C3. The molecule has 1 aliphatic heterocycles. The third-order valence-corrected chi connectivity index (χ3v) is 4.13. The molecular formula is C22H17N. The van der Waals surface area contributed by atoms with Gasteiger partial charge in [0, 0.05) is 12.4 Å². The smallest absolute Gasteiger partial charge is 0.000442 e. The molecule has 1 heterocycles. The third kappa shape index (κ3) is 2.58. The van der Waals surface area contributed by atoms with E-state index in [4.69, 9.17) is 0 Å². The van der Waals surface area contributed by atoms with E-state index in [0.29, 0.717) is 0 Å². The van der Waals surface area contributed by atoms with Crippen molar-refractivity contribution in [2.45, 2.75) is 0 Å². The zero-order valence-corrected chi connectivity index (χ0v) is 12.7. The summed E-state index contributed by atoms with van der Waals surface area (Å²) in [5, 5.41) is 8.33. The van der Waals surface area contributed by atoms with Gasteiger partial charge in [0.05, 0.1) is 0 Å². The molecule has 0 fully saturated rings. The summed E-state index contributed by atoms with van der Waals surface area (Å²) in [4.78, 5) is 0. The molecule has 1 nitrogen and oxygen atoms in total. The van der Waals surface area contributed by atoms with Crippen LogP contribution in [0.25, 0.3) is 18.2 Å². The van der Waals surface area contributed by atoms with E-state index in [2.05, 4.69) is 66.0 Å². The average Bonchev–Trinajstić information content (AvgIpc) is 3.09. The van der Waals surface area contributed by atoms with Crippen LogP contribution in [0.5, 0.6) is 0 Å². The van der Waals surface area contributed by atoms with Crippen molar-refractivity contribution in [3.05, 3.63) is 111 Å². The monoisotopic (exact) mass is 295 g/mol. The van der Waals surface area contributed by atoms with Crippen molar-refractivity contribution in [3.63, 3.8) is 0 Å². The normalized spacial score (nSPS) is 14.4. The average molecular weight is 295 g/mol. The lowest BCUT2D eigenvalue weighted by Gasteiger charge is -1.98. The quantitative estimate of drug-likeness (QED) is 0.672. The van der Waals surface area contributed by atoms with E-state index >= 15 is 0 Å². The van der Waals surface area contributed by atoms with Crippen molar-refractivity contribution in [1.29, 1.82) is 0 Å². The van der Waals surface area contributed by atoms with Gasteiger partial charge in [-0.05, 0) is 50.2 Å². The summed E-state index contributed by atoms with van der Waals surface area (Å²) in [7, 11) is 0. The van der Waals surface area contributed by atoms with Crippen LogP contribution in [0, 0.1) is 10.4 Å². The Morgan fingerprint density at radius 3 is 2.30 bits per heavy atom. The van der Waals surface area contributed by atoms with Gasteiger partial charge in [-0.1, -0.05) is 66.8 Å². The Balaban J connectivity index is 0.000000164. The van der Waals surface area contributed by atoms with Crippen molar-refractivity contribution in [2.75, 3.05) is 0 Å². The summed E-state index contributed by atoms with van der Waals surface area (Å²) in [5.41, 5.74) is 2.75. The molecule has 5 rings (SSSR count). The summed E-state index contributed by atoms with van der Waals surface area (Å²) in [6.07, 6.45) is 20.4. The molecule has 23 heavy (non-hydrogen) atoms. The van der Waals surface area contributed by atoms with Gasteiger partial charge in [0.25, 0.3) is 0 Å². The molecule has 0 radical (unpaired) electrons. The van der Waals surface area contributed by atoms with Gasteiger partial charge in [-0.3, -0.25) is 0 Å². The third-order valence-electron chi connectivity index (χ3n) is 4.13. The van der Waals surface area contributed by atoms with Crippen LogP contribution in [-0.2, 0) is 0 Å². The number of hydrogen-bond acceptors (Lipinski definition) is 1. The topological polar surface area (TPSA) is 12.0 Å². The minimum Gasteiger partial charge on any atom is -0.368 e. The molecule has 110 valence electrons. The van der Waals surface area contributed by atoms with Gasteiger partial charge < -0.3 is 5.32 Å². The second-order valence-electron chi connectivity index (χ2n) is 5.56. The molecule has 2 aromatic rings. The van der Waals surface area contributed by atoms with E-state index in [0.717, 1.165) is 0 Å². The first-order valence-electron chi connectivity index (χ1n) is 7.80. The largest absolute Gasteiger partial charge is 0.368 e. The Morgan fingerprint density at radius 2 is 1.43 bits per heavy atom. The highest BCUT2D eigenvalue weighted by Gasteiger charge is 2.08. The van der Waals surface area contributed by atoms with Crippen LogP contribution in [0.4, 0.5) is 0 Å². The van der Waals surface area contributed by atoms with Gasteiger partial charge in [0.15, 0.2) is 0 Å². The number of nitrogens with one attached hydrogen (secondary N) is 1. The number of hydrogen-bond donors (Lipinski definition) is 1. The Hall–Kier alpha value is -3.06. The molecule has 0 spiro atoms. The van der Waals surface area contributed by atoms with Crippen LogP contribution in [0.2, 0.25) is 0 Å². The lowest BCUT2D eigenvalue weighted by Crippen LogP contribution is -2.03. The van der Waals surface area contributed by atoms with Crippen molar-refractivity contribution in [1.82, 2.24) is 5.32 Å². The van der Waals surface area contributed by atoms with Gasteiger partial charge in [-0.25, -0.2) is 0 Å². The second kappa shape index (κ2) is 5.98. The fraction of sp³-hybridized carbons (Fsp3) is 0. The Kier molecular flexibility index (Phi) is 3.53. The summed E-state index contributed by atoms with van der Waals surface area (Å²) < 4.78 is 0. The number of rotatable bonds is 0. The number of fused-ring (bicyclic) bond motifs is 4. The molecule has 1 heteroatoms. The van der Waals surface area contributed by atoms with Crippen LogP contribution < -0.4 is 15.8 Å². The molecule has 0 aromatic heterocycles. The predicted molar refractivity (Wildman–Crippen MR) is 97.4 cm³/mol. The molecule has 3 aliphatic rings. The standard InChI is InChI=1S/C16H10.C6H7N/c1-2-6-14-12(4-1)10-16-13-7-3-5-11(13)8-9-15(14)16;1-2-4-6-7-5-3-1/h1-10H;1-7H. The summed E-state index contributed by atoms with van der Waals surface area (Å²) in [5.74, 6) is 0. The molecule has 2 aromatic carbocycles. The zero-order chi connectivity index (χ0) is 15.5. The number of allylic oxidation sites excluding steroid dienone is 5. The maximum Gasteiger partial charge on any atom is 0.000442 e. The second-order valence-corrected chi connectivity index (χ2v) is 5.56. The first-order valence-corrected chi connectivity index (χ1v) is 7.80. The van der Waals surface area contributed by atoms with E-state index in [1.54, 1.807) is 0 Å². The summed E-state index contributed by atoms with van der Waals surface area (Å²) in [6.45, 7) is 0. The van der Waals surface area contributed by atoms with E-state index in [-0.39, 0.29) is 0 Å². The fourth-order valence-electron chi connectivity index (χ4n) is 3.05. The highest BCUT2D eigenvalue weighted by molar-refractivity contribution is 5.75. The van der Waals surface area contributed by atoms with Gasteiger partial charge in [-0.15, -0.1) is 0 Å². The molecule has 2 aliphatic carbocycles. The first kappa shape index (κ1) is 13.6. The van der Waals surface area contributed by atoms with Gasteiger partial charge in [0.1, 0.15) is 0 Å². The molecule has 0 saturated carbocycles. The Labute approximate surface area is 135 Å². The van der Waals surface area contributed by atoms with Crippen LogP contribution in [0.3, 0.4) is 0 Å². The van der Waals surface area contributed by atoms with Crippen molar-refractivity contribution >= 4 is 18.2 Å². The molecule has 1 N–H and O–H groups in total. The van der Waals surface area contributed by atoms with Gasteiger partial charge in [-0.2, -0.15) is 0 Å². The zero-order valence-electron chi connectivity index (χ0n) is 12.7. The highest BCUT2D eigenvalue weighted by atomic mass is 14.8. The molecule has 0 unspecified atom stereocenters. The van der Waals surface area contributed by atoms with Gasteiger partial charge in [0.2, 0.25) is 0 Å². The summed E-state index contributed by atoms with van der Waals surface area (Å²) in [6, 6.07) is 13.0. The molecule has 0 atom stereocenters. The van der Waals surface area contributed by atoms with Crippen LogP contribution in [0.1, 0.15) is 11.1 Å². The highest BCUT2D eigenvalue weighted by Crippen LogP contribution is 2.16. The molecule has 0 bridgehead atoms. The van der Waals surface area contributed by atoms with Crippen molar-refractivity contribution < 1.29 is 0 Å². The summed E-state index contributed by atoms with van der Waals surface area (Å²) >= 11 is 0. The van der Waals surface area contributed by atoms with E-state index < -0.39 is 0 Å². The molecule has 0 amide bonds. The van der Waals surface area contributed by atoms with E-state index in [9.17, 15) is 0 Å². The fourth-order valence-corrected chi connectivity index (χ4v) is 3.05. The lowest BCUT2D eigenvalue weighted by atomic mass is 10.1. The number of benzene rings is 2. The van der Waals surface area contributed by atoms with Crippen LogP contribution in [0.15, 0.2) is 79.2 Å². The van der Waals surface area contributed by atoms with E-state index in [1.807, 2.05) is 36.7 Å². The minimum atomic E-state index is 1.34. The predicted octanol–water partition coefficient (Wildman–Crippen LogP) is 3.10. The van der Waals surface area contributed by atoms with Crippen LogP contribution in [-0.4, -0.2) is 0 Å². The molecular weight excluding hydrogens is 278 g/mol. The van der Waals surface area contributed by atoms with E-state index in [1.165, 1.54) is 32.0 Å². The van der Waals surface area contributed by atoms with Crippen molar-refractivity contribution in [3.8, 4) is 0 Å². The molecule has 0 saturated heterocycles. The van der Waals surface area contributed by atoms with Crippen LogP contribution >= 0.6 is 0 Å². The first-order chi connectivity index (χ1) is 11.4. The Bertz CT molecular complexity index is 1070. The maximum absolute atomic E-state index is 2.92. The minimum absolute atomic E-state index is 1.34.